The summed E-state index contributed by atoms with van der Waals surface area (Å²) in [6, 6.07) is 80.4. The second-order valence-electron chi connectivity index (χ2n) is 20.1. The van der Waals surface area contributed by atoms with E-state index in [-0.39, 0.29) is 10.8 Å². The summed E-state index contributed by atoms with van der Waals surface area (Å²) in [6.07, 6.45) is 0. The molecule has 2 aromatic heterocycles. The molecule has 2 aliphatic rings. The van der Waals surface area contributed by atoms with Crippen molar-refractivity contribution >= 4 is 60.8 Å². The van der Waals surface area contributed by atoms with Gasteiger partial charge in [-0.05, 0) is 128 Å². The van der Waals surface area contributed by atoms with Gasteiger partial charge in [-0.1, -0.05) is 173 Å². The minimum Gasteiger partial charge on any atom is -0.455 e. The van der Waals surface area contributed by atoms with Crippen molar-refractivity contribution < 1.29 is 4.42 Å². The van der Waals surface area contributed by atoms with Gasteiger partial charge in [-0.15, -0.1) is 0 Å². The minimum absolute atomic E-state index is 0.233. The third kappa shape index (κ3) is 5.74. The van der Waals surface area contributed by atoms with E-state index in [0.717, 1.165) is 44.4 Å². The molecule has 0 aliphatic heterocycles. The minimum atomic E-state index is -0.234. The van der Waals surface area contributed by atoms with Gasteiger partial charge in [0.25, 0.3) is 0 Å². The van der Waals surface area contributed by atoms with Crippen LogP contribution in [0.2, 0.25) is 0 Å². The first-order chi connectivity index (χ1) is 33.7. The Morgan fingerprint density at radius 2 is 0.928 bits per heavy atom. The first-order valence-electron chi connectivity index (χ1n) is 24.2. The van der Waals surface area contributed by atoms with Gasteiger partial charge >= 0.3 is 0 Å². The van der Waals surface area contributed by atoms with Crippen LogP contribution in [0.15, 0.2) is 223 Å². The topological polar surface area (TPSA) is 21.3 Å². The average molecular weight is 885 g/mol. The van der Waals surface area contributed by atoms with Crippen molar-refractivity contribution in [2.45, 2.75) is 38.5 Å². The Kier molecular flexibility index (Phi) is 8.38. The second-order valence-corrected chi connectivity index (χ2v) is 20.1. The van der Waals surface area contributed by atoms with Crippen molar-refractivity contribution in [3.63, 3.8) is 0 Å². The number of hydrogen-bond donors (Lipinski definition) is 0. The molecule has 14 rings (SSSR count). The van der Waals surface area contributed by atoms with E-state index >= 15 is 0 Å². The molecule has 0 spiro atoms. The zero-order valence-electron chi connectivity index (χ0n) is 39.1. The third-order valence-corrected chi connectivity index (χ3v) is 15.6. The van der Waals surface area contributed by atoms with Gasteiger partial charge in [-0.3, -0.25) is 0 Å². The van der Waals surface area contributed by atoms with Gasteiger partial charge < -0.3 is 13.9 Å². The predicted octanol–water partition coefficient (Wildman–Crippen LogP) is 18.1. The van der Waals surface area contributed by atoms with Crippen molar-refractivity contribution in [2.24, 2.45) is 0 Å². The van der Waals surface area contributed by atoms with E-state index in [0.29, 0.717) is 0 Å². The van der Waals surface area contributed by atoms with Crippen LogP contribution in [0.5, 0.6) is 0 Å². The highest BCUT2D eigenvalue weighted by atomic mass is 16.3. The van der Waals surface area contributed by atoms with Crippen LogP contribution in [0.25, 0.3) is 93.9 Å². The van der Waals surface area contributed by atoms with Crippen LogP contribution >= 0.6 is 0 Å². The lowest BCUT2D eigenvalue weighted by atomic mass is 9.79. The smallest absolute Gasteiger partial charge is 0.143 e. The quantitative estimate of drug-likeness (QED) is 0.166. The molecule has 0 saturated heterocycles. The maximum Gasteiger partial charge on any atom is 0.143 e. The fraction of sp³-hybridized carbons (Fsp3) is 0.0909. The Morgan fingerprint density at radius 1 is 0.377 bits per heavy atom. The van der Waals surface area contributed by atoms with E-state index in [1.807, 2.05) is 6.07 Å². The summed E-state index contributed by atoms with van der Waals surface area (Å²) in [6.45, 7) is 9.65. The summed E-state index contributed by atoms with van der Waals surface area (Å²) in [7, 11) is 0. The molecule has 3 heteroatoms. The maximum atomic E-state index is 6.51. The number of hydrogen-bond acceptors (Lipinski definition) is 2. The lowest BCUT2D eigenvalue weighted by Crippen LogP contribution is -2.17. The SMILES string of the molecule is CC1(C)c2cc(-n3c4ccccc4c4ccccc43)ccc2-c2cc3c(cc21)-c1c(N(c2ccc(-c4ccccc4)cc2)c2ccc(-c4cccc5c4oc4ccccc45)cc2)cccc1C3(C)C. The molecule has 12 aromatic rings. The lowest BCUT2D eigenvalue weighted by molar-refractivity contribution is 0.652. The summed E-state index contributed by atoms with van der Waals surface area (Å²) in [5, 5.41) is 4.83. The molecular weight excluding hydrogens is 837 g/mol. The molecular formula is C66H48N2O. The molecule has 0 N–H and O–H groups in total. The number of benzene rings is 10. The fourth-order valence-electron chi connectivity index (χ4n) is 12.1. The summed E-state index contributed by atoms with van der Waals surface area (Å²) < 4.78 is 8.96. The second kappa shape index (κ2) is 14.6. The van der Waals surface area contributed by atoms with Gasteiger partial charge in [-0.25, -0.2) is 0 Å². The van der Waals surface area contributed by atoms with E-state index in [4.69, 9.17) is 4.42 Å². The fourth-order valence-corrected chi connectivity index (χ4v) is 12.1. The van der Waals surface area contributed by atoms with Gasteiger partial charge in [0.2, 0.25) is 0 Å². The van der Waals surface area contributed by atoms with Gasteiger partial charge in [-0.2, -0.15) is 0 Å². The molecule has 10 aromatic carbocycles. The normalized spacial score (nSPS) is 14.0. The summed E-state index contributed by atoms with van der Waals surface area (Å²) in [5.41, 5.74) is 23.7. The predicted molar refractivity (Wildman–Crippen MR) is 289 cm³/mol. The first kappa shape index (κ1) is 39.7. The van der Waals surface area contributed by atoms with Crippen LogP contribution in [0.3, 0.4) is 0 Å². The van der Waals surface area contributed by atoms with Crippen LogP contribution in [0.1, 0.15) is 49.9 Å². The number of aromatic nitrogens is 1. The van der Waals surface area contributed by atoms with Crippen molar-refractivity contribution in [3.05, 3.63) is 241 Å². The van der Waals surface area contributed by atoms with Gasteiger partial charge in [0.05, 0.1) is 16.7 Å². The Hall–Kier alpha value is -8.40. The van der Waals surface area contributed by atoms with Crippen LogP contribution in [-0.2, 0) is 10.8 Å². The van der Waals surface area contributed by atoms with E-state index in [2.05, 4.69) is 249 Å². The van der Waals surface area contributed by atoms with Gasteiger partial charge in [0.1, 0.15) is 11.2 Å². The number of fused-ring (bicyclic) bond motifs is 12. The van der Waals surface area contributed by atoms with Crippen molar-refractivity contribution in [3.8, 4) is 50.2 Å². The molecule has 2 aliphatic carbocycles. The monoisotopic (exact) mass is 884 g/mol. The van der Waals surface area contributed by atoms with Crippen LogP contribution in [0.4, 0.5) is 17.1 Å². The summed E-state index contributed by atoms with van der Waals surface area (Å²) in [4.78, 5) is 2.47. The van der Waals surface area contributed by atoms with Gasteiger partial charge in [0.15, 0.2) is 0 Å². The largest absolute Gasteiger partial charge is 0.455 e. The zero-order valence-corrected chi connectivity index (χ0v) is 39.1. The number of nitrogens with zero attached hydrogens (tertiary/aromatic N) is 2. The van der Waals surface area contributed by atoms with Crippen LogP contribution in [0, 0.1) is 0 Å². The zero-order chi connectivity index (χ0) is 46.2. The molecule has 0 fully saturated rings. The highest BCUT2D eigenvalue weighted by molar-refractivity contribution is 6.11. The molecule has 69 heavy (non-hydrogen) atoms. The number of para-hydroxylation sites is 4. The van der Waals surface area contributed by atoms with Crippen molar-refractivity contribution in [2.75, 3.05) is 4.90 Å². The number of furan rings is 1. The molecule has 0 bridgehead atoms. The van der Waals surface area contributed by atoms with E-state index in [1.54, 1.807) is 0 Å². The van der Waals surface area contributed by atoms with E-state index < -0.39 is 0 Å². The van der Waals surface area contributed by atoms with E-state index in [1.165, 1.54) is 88.8 Å². The third-order valence-electron chi connectivity index (χ3n) is 15.6. The van der Waals surface area contributed by atoms with Gasteiger partial charge in [0, 0.05) is 60.6 Å². The molecule has 0 radical (unpaired) electrons. The first-order valence-corrected chi connectivity index (χ1v) is 24.2. The molecule has 0 saturated carbocycles. The Balaban J connectivity index is 0.918. The molecule has 328 valence electrons. The summed E-state index contributed by atoms with van der Waals surface area (Å²) in [5.74, 6) is 0. The van der Waals surface area contributed by atoms with Crippen molar-refractivity contribution in [1.29, 1.82) is 0 Å². The molecule has 0 unspecified atom stereocenters. The number of rotatable bonds is 6. The molecule has 2 heterocycles. The standard InChI is InChI=1S/C66H48N2O/c1-65(2)55-23-15-26-61(63(55)54-40-57-53(39-58(54)65)48-37-36-46(38-56(48)66(57,3)4)68-59-24-11-8-18-49(59)50-19-9-12-25-60(50)68)67(44-32-28-42(29-33-44)41-16-6-5-7-17-41)45-34-30-43(31-35-45)47-21-14-22-52-51-20-10-13-27-62(51)69-64(47)52/h5-40H,1-4H3. The Bertz CT molecular complexity index is 4000. The molecule has 0 atom stereocenters. The molecule has 0 amide bonds. The van der Waals surface area contributed by atoms with Crippen LogP contribution < -0.4 is 4.90 Å². The Morgan fingerprint density at radius 3 is 1.65 bits per heavy atom. The van der Waals surface area contributed by atoms with E-state index in [9.17, 15) is 0 Å². The lowest BCUT2D eigenvalue weighted by Gasteiger charge is -2.29. The molecule has 3 nitrogen and oxygen atoms in total. The van der Waals surface area contributed by atoms with Crippen LogP contribution in [-0.4, -0.2) is 4.57 Å². The number of anilines is 3. The maximum absolute atomic E-state index is 6.51. The Labute approximate surface area is 402 Å². The highest BCUT2D eigenvalue weighted by Gasteiger charge is 2.43. The summed E-state index contributed by atoms with van der Waals surface area (Å²) >= 11 is 0. The highest BCUT2D eigenvalue weighted by Crippen LogP contribution is 2.59. The van der Waals surface area contributed by atoms with Crippen molar-refractivity contribution in [1.82, 2.24) is 4.57 Å². The average Bonchev–Trinajstić information content (AvgIpc) is 4.07.